The Hall–Kier alpha value is -3.31. The van der Waals surface area contributed by atoms with Crippen LogP contribution in [-0.4, -0.2) is 72.3 Å². The zero-order valence-corrected chi connectivity index (χ0v) is 23.0. The largest absolute Gasteiger partial charge is 0.497 e. The van der Waals surface area contributed by atoms with Crippen molar-refractivity contribution in [1.29, 1.82) is 0 Å². The van der Waals surface area contributed by atoms with Crippen molar-refractivity contribution in [1.82, 2.24) is 19.7 Å². The quantitative estimate of drug-likeness (QED) is 0.514. The summed E-state index contributed by atoms with van der Waals surface area (Å²) in [6.45, 7) is 10.5. The van der Waals surface area contributed by atoms with E-state index in [0.717, 1.165) is 80.4 Å². The van der Waals surface area contributed by atoms with Crippen LogP contribution in [0.1, 0.15) is 32.3 Å². The number of aromatic nitrogens is 1. The number of benzene rings is 1. The highest BCUT2D eigenvalue weighted by atomic mass is 16.5. The Balaban J connectivity index is 1.28. The highest BCUT2D eigenvalue weighted by molar-refractivity contribution is 5.81. The summed E-state index contributed by atoms with van der Waals surface area (Å²) in [5, 5.41) is 1.22. The van der Waals surface area contributed by atoms with Gasteiger partial charge in [0.2, 0.25) is 0 Å². The van der Waals surface area contributed by atoms with Crippen molar-refractivity contribution in [2.24, 2.45) is 5.92 Å². The molecule has 2 bridgehead atoms. The molecular weight excluding hydrogens is 472 g/mol. The molecule has 1 aromatic heterocycles. The van der Waals surface area contributed by atoms with E-state index in [4.69, 9.17) is 14.5 Å². The number of para-hydroxylation sites is 1. The topological polar surface area (TPSA) is 41.1 Å². The normalized spacial score (nSPS) is 24.8. The number of piperidine rings is 1. The molecule has 6 rings (SSSR count). The lowest BCUT2D eigenvalue weighted by molar-refractivity contribution is 0.0724. The molecule has 0 amide bonds. The molecule has 2 saturated heterocycles. The van der Waals surface area contributed by atoms with Crippen LogP contribution in [0.4, 0.5) is 0 Å². The molecule has 3 aliphatic heterocycles. The van der Waals surface area contributed by atoms with Gasteiger partial charge in [-0.2, -0.15) is 0 Å². The molecule has 4 aliphatic rings. The van der Waals surface area contributed by atoms with Crippen LogP contribution < -0.4 is 0 Å². The van der Waals surface area contributed by atoms with Gasteiger partial charge in [-0.3, -0.25) is 14.8 Å². The molecule has 198 valence electrons. The van der Waals surface area contributed by atoms with Crippen molar-refractivity contribution in [3.63, 3.8) is 0 Å². The van der Waals surface area contributed by atoms with Gasteiger partial charge in [-0.15, -0.1) is 5.73 Å². The van der Waals surface area contributed by atoms with E-state index in [0.29, 0.717) is 0 Å². The molecule has 1 spiro atoms. The van der Waals surface area contributed by atoms with Crippen LogP contribution in [0.25, 0.3) is 10.9 Å². The number of hydrogen-bond donors (Lipinski definition) is 0. The van der Waals surface area contributed by atoms with Crippen molar-refractivity contribution >= 4 is 10.9 Å². The van der Waals surface area contributed by atoms with Crippen molar-refractivity contribution in [3.05, 3.63) is 94.4 Å². The lowest BCUT2D eigenvalue weighted by atomic mass is 9.81. The average Bonchev–Trinajstić information content (AvgIpc) is 3.08. The third kappa shape index (κ3) is 4.27. The van der Waals surface area contributed by atoms with Gasteiger partial charge in [-0.1, -0.05) is 44.2 Å². The highest BCUT2D eigenvalue weighted by Gasteiger charge is 2.50. The Labute approximate surface area is 226 Å². The predicted molar refractivity (Wildman–Crippen MR) is 151 cm³/mol. The van der Waals surface area contributed by atoms with E-state index in [1.807, 2.05) is 18.3 Å². The van der Waals surface area contributed by atoms with Crippen LogP contribution in [-0.2, 0) is 16.0 Å². The number of nitrogens with zero attached hydrogens (tertiary/aromatic N) is 4. The van der Waals surface area contributed by atoms with Gasteiger partial charge in [0.05, 0.1) is 38.5 Å². The first-order valence-electron chi connectivity index (χ1n) is 13.8. The van der Waals surface area contributed by atoms with Crippen molar-refractivity contribution < 1.29 is 9.47 Å². The third-order valence-corrected chi connectivity index (χ3v) is 8.77. The number of likely N-dealkylation sites (N-methyl/N-ethyl adjacent to an activating group) is 1. The van der Waals surface area contributed by atoms with Crippen molar-refractivity contribution in [3.8, 4) is 0 Å². The molecular formula is C32H38N4O2. The Morgan fingerprint density at radius 3 is 2.66 bits per heavy atom. The predicted octanol–water partition coefficient (Wildman–Crippen LogP) is 5.22. The Bertz CT molecular complexity index is 1380. The van der Waals surface area contributed by atoms with Crippen LogP contribution >= 0.6 is 0 Å². The number of methoxy groups -OCH3 is 2. The highest BCUT2D eigenvalue weighted by Crippen LogP contribution is 2.45. The summed E-state index contributed by atoms with van der Waals surface area (Å²) in [6, 6.07) is 10.7. The minimum Gasteiger partial charge on any atom is -0.497 e. The lowest BCUT2D eigenvalue weighted by Crippen LogP contribution is -2.52. The fourth-order valence-corrected chi connectivity index (χ4v) is 6.79. The zero-order chi connectivity index (χ0) is 26.3. The molecule has 6 nitrogen and oxygen atoms in total. The van der Waals surface area contributed by atoms with Gasteiger partial charge in [0.1, 0.15) is 11.5 Å². The van der Waals surface area contributed by atoms with Gasteiger partial charge in [-0.25, -0.2) is 0 Å². The molecule has 4 heterocycles. The minimum absolute atomic E-state index is 0.0584. The summed E-state index contributed by atoms with van der Waals surface area (Å²) in [7, 11) is 3.46. The number of ether oxygens (including phenoxy) is 2. The van der Waals surface area contributed by atoms with Gasteiger partial charge >= 0.3 is 0 Å². The smallest absolute Gasteiger partial charge is 0.134 e. The van der Waals surface area contributed by atoms with E-state index in [-0.39, 0.29) is 11.5 Å². The van der Waals surface area contributed by atoms with Gasteiger partial charge in [0.25, 0.3) is 0 Å². The van der Waals surface area contributed by atoms with E-state index in [9.17, 15) is 0 Å². The molecule has 6 heteroatoms. The number of hydrogen-bond acceptors (Lipinski definition) is 6. The molecule has 38 heavy (non-hydrogen) atoms. The van der Waals surface area contributed by atoms with Gasteiger partial charge in [0, 0.05) is 60.1 Å². The van der Waals surface area contributed by atoms with E-state index in [2.05, 4.69) is 70.7 Å². The maximum atomic E-state index is 5.81. The van der Waals surface area contributed by atoms with Crippen LogP contribution in [0.5, 0.6) is 0 Å². The molecule has 2 fully saturated rings. The van der Waals surface area contributed by atoms with E-state index in [1.54, 1.807) is 14.2 Å². The monoisotopic (exact) mass is 510 g/mol. The minimum atomic E-state index is 0.0584. The first kappa shape index (κ1) is 25.0. The maximum absolute atomic E-state index is 5.81. The molecule has 0 N–H and O–H groups in total. The number of pyridine rings is 1. The second kappa shape index (κ2) is 10.1. The van der Waals surface area contributed by atoms with Crippen LogP contribution in [0.2, 0.25) is 0 Å². The molecule has 0 radical (unpaired) electrons. The van der Waals surface area contributed by atoms with Gasteiger partial charge in [0.15, 0.2) is 0 Å². The Morgan fingerprint density at radius 1 is 1.08 bits per heavy atom. The van der Waals surface area contributed by atoms with Crippen LogP contribution in [0.3, 0.4) is 0 Å². The maximum Gasteiger partial charge on any atom is 0.134 e. The van der Waals surface area contributed by atoms with E-state index in [1.165, 1.54) is 16.6 Å². The summed E-state index contributed by atoms with van der Waals surface area (Å²) in [4.78, 5) is 12.6. The summed E-state index contributed by atoms with van der Waals surface area (Å²) < 4.78 is 11.5. The van der Waals surface area contributed by atoms with Crippen molar-refractivity contribution in [2.45, 2.75) is 38.8 Å². The molecule has 2 aromatic rings. The first-order valence-corrected chi connectivity index (χ1v) is 13.8. The fourth-order valence-electron chi connectivity index (χ4n) is 6.79. The zero-order valence-electron chi connectivity index (χ0n) is 23.0. The van der Waals surface area contributed by atoms with Gasteiger partial charge in [-0.05, 0) is 37.1 Å². The summed E-state index contributed by atoms with van der Waals surface area (Å²) in [6.07, 6.45) is 10.8. The lowest BCUT2D eigenvalue weighted by Gasteiger charge is -2.45. The fraction of sp³-hybridized carbons (Fsp3) is 0.438. The molecule has 0 saturated carbocycles. The number of allylic oxidation sites excluding steroid dienone is 3. The molecule has 1 aliphatic carbocycles. The second-order valence-corrected chi connectivity index (χ2v) is 10.9. The first-order chi connectivity index (χ1) is 18.5. The van der Waals surface area contributed by atoms with E-state index < -0.39 is 0 Å². The van der Waals surface area contributed by atoms with Crippen LogP contribution in [0, 0.1) is 5.92 Å². The summed E-state index contributed by atoms with van der Waals surface area (Å²) in [5.41, 5.74) is 9.91. The number of fused-ring (bicyclic) bond motifs is 3. The number of rotatable bonds is 5. The molecule has 1 aromatic carbocycles. The Kier molecular flexibility index (Phi) is 6.65. The molecule has 1 unspecified atom stereocenters. The second-order valence-electron chi connectivity index (χ2n) is 10.9. The third-order valence-electron chi connectivity index (χ3n) is 8.77. The Morgan fingerprint density at radius 2 is 1.89 bits per heavy atom. The standard InChI is InChI=1S/C32H38N4O2/c1-5-36-22-35-20-24-17-27(37-3)19-29(38-4)28(18-24)23(2)16-30(35)32(36)11-14-34(15-12-32)21-26-9-6-8-25-10-7-13-33-31(25)26/h6-10,13,16-17,19,23H,5,11-12,14-15,20-22H2,1-4H3/b30-16-. The van der Waals surface area contributed by atoms with Crippen LogP contribution in [0.15, 0.2) is 88.8 Å². The van der Waals surface area contributed by atoms with Crippen molar-refractivity contribution in [2.75, 3.05) is 47.1 Å². The summed E-state index contributed by atoms with van der Waals surface area (Å²) >= 11 is 0. The number of likely N-dealkylation sites (tertiary alicyclic amines) is 1. The van der Waals surface area contributed by atoms with E-state index >= 15 is 0 Å². The van der Waals surface area contributed by atoms with Gasteiger partial charge < -0.3 is 14.4 Å². The molecule has 1 atom stereocenters. The SMILES string of the molecule is CCN1CN2CC3=C=C(C(OC)=CC(OC)=C3)C(C)/C=C\2C12CCN(Cc1cccc3cccnc13)CC2. The summed E-state index contributed by atoms with van der Waals surface area (Å²) in [5.74, 6) is 1.84. The average molecular weight is 511 g/mol.